The molecule has 0 bridgehead atoms. The van der Waals surface area contributed by atoms with Crippen molar-refractivity contribution < 1.29 is 4.42 Å². The predicted molar refractivity (Wildman–Crippen MR) is 82.7 cm³/mol. The molecule has 110 valence electrons. The van der Waals surface area contributed by atoms with Crippen LogP contribution in [0.1, 0.15) is 35.9 Å². The molecular weight excluding hydrogens is 270 g/mol. The molecule has 0 aliphatic heterocycles. The highest BCUT2D eigenvalue weighted by Gasteiger charge is 2.08. The van der Waals surface area contributed by atoms with Crippen molar-refractivity contribution in [2.45, 2.75) is 46.4 Å². The lowest BCUT2D eigenvalue weighted by Crippen LogP contribution is -2.21. The van der Waals surface area contributed by atoms with Gasteiger partial charge in [0.1, 0.15) is 5.76 Å². The summed E-state index contributed by atoms with van der Waals surface area (Å²) in [5.41, 5.74) is 2.33. The van der Waals surface area contributed by atoms with Crippen molar-refractivity contribution in [3.63, 3.8) is 0 Å². The Morgan fingerprint density at radius 1 is 1.40 bits per heavy atom. The average molecular weight is 293 g/mol. The number of rotatable bonds is 7. The van der Waals surface area contributed by atoms with Gasteiger partial charge in [-0.25, -0.2) is 4.98 Å². The van der Waals surface area contributed by atoms with Gasteiger partial charge in [0.05, 0.1) is 23.5 Å². The third-order valence-electron chi connectivity index (χ3n) is 2.95. The number of nitrogens with one attached hydrogen (secondary N) is 1. The lowest BCUT2D eigenvalue weighted by molar-refractivity contribution is 0.285. The van der Waals surface area contributed by atoms with Gasteiger partial charge in [0.2, 0.25) is 0 Å². The van der Waals surface area contributed by atoms with E-state index in [2.05, 4.69) is 47.5 Å². The van der Waals surface area contributed by atoms with Crippen LogP contribution in [0.2, 0.25) is 0 Å². The third kappa shape index (κ3) is 4.74. The van der Waals surface area contributed by atoms with Crippen LogP contribution in [-0.2, 0) is 19.6 Å². The van der Waals surface area contributed by atoms with Crippen LogP contribution in [0.3, 0.4) is 0 Å². The number of aryl methyl sites for hydroxylation is 1. The van der Waals surface area contributed by atoms with Crippen LogP contribution in [-0.4, -0.2) is 23.0 Å². The van der Waals surface area contributed by atoms with Gasteiger partial charge < -0.3 is 9.73 Å². The van der Waals surface area contributed by atoms with E-state index in [0.29, 0.717) is 6.04 Å². The summed E-state index contributed by atoms with van der Waals surface area (Å²) in [5.74, 6) is 1.00. The molecule has 0 aliphatic carbocycles. The minimum absolute atomic E-state index is 0.490. The number of nitrogens with zero attached hydrogens (tertiary/aromatic N) is 2. The van der Waals surface area contributed by atoms with Gasteiger partial charge in [-0.2, -0.15) is 0 Å². The van der Waals surface area contributed by atoms with Gasteiger partial charge in [0.25, 0.3) is 0 Å². The highest BCUT2D eigenvalue weighted by Crippen LogP contribution is 2.13. The van der Waals surface area contributed by atoms with Crippen molar-refractivity contribution in [3.05, 3.63) is 39.7 Å². The van der Waals surface area contributed by atoms with Crippen molar-refractivity contribution in [1.82, 2.24) is 15.2 Å². The first-order valence-corrected chi connectivity index (χ1v) is 7.80. The summed E-state index contributed by atoms with van der Waals surface area (Å²) in [6.45, 7) is 8.84. The van der Waals surface area contributed by atoms with E-state index in [1.807, 2.05) is 13.2 Å². The summed E-state index contributed by atoms with van der Waals surface area (Å²) in [6, 6.07) is 2.61. The molecule has 0 aromatic carbocycles. The molecule has 1 N–H and O–H groups in total. The number of thiazole rings is 1. The first kappa shape index (κ1) is 15.2. The molecule has 0 radical (unpaired) electrons. The van der Waals surface area contributed by atoms with Gasteiger partial charge in [0, 0.05) is 30.1 Å². The summed E-state index contributed by atoms with van der Waals surface area (Å²) in [5, 5.41) is 6.62. The van der Waals surface area contributed by atoms with Crippen LogP contribution in [0.15, 0.2) is 22.1 Å². The first-order valence-electron chi connectivity index (χ1n) is 6.92. The third-order valence-corrected chi connectivity index (χ3v) is 3.77. The van der Waals surface area contributed by atoms with Crippen molar-refractivity contribution in [2.75, 3.05) is 7.05 Å². The van der Waals surface area contributed by atoms with Crippen molar-refractivity contribution in [1.29, 1.82) is 0 Å². The second-order valence-corrected chi connectivity index (χ2v) is 6.55. The largest absolute Gasteiger partial charge is 0.468 e. The van der Waals surface area contributed by atoms with Crippen molar-refractivity contribution in [2.24, 2.45) is 0 Å². The zero-order chi connectivity index (χ0) is 14.5. The fraction of sp³-hybridized carbons (Fsp3) is 0.533. The van der Waals surface area contributed by atoms with Gasteiger partial charge in [-0.05, 0) is 20.0 Å². The normalized spacial score (nSPS) is 11.7. The quantitative estimate of drug-likeness (QED) is 0.851. The minimum atomic E-state index is 0.490. The molecule has 2 aromatic rings. The van der Waals surface area contributed by atoms with Crippen LogP contribution in [0.4, 0.5) is 0 Å². The number of hydrogen-bond donors (Lipinski definition) is 1. The molecule has 2 aromatic heterocycles. The summed E-state index contributed by atoms with van der Waals surface area (Å²) in [6.07, 6.45) is 1.84. The second kappa shape index (κ2) is 7.02. The average Bonchev–Trinajstić information content (AvgIpc) is 2.96. The van der Waals surface area contributed by atoms with Crippen LogP contribution in [0, 0.1) is 6.92 Å². The number of hydrogen-bond acceptors (Lipinski definition) is 5. The lowest BCUT2D eigenvalue weighted by Gasteiger charge is -2.13. The van der Waals surface area contributed by atoms with E-state index in [4.69, 9.17) is 4.42 Å². The van der Waals surface area contributed by atoms with Gasteiger partial charge in [-0.3, -0.25) is 4.90 Å². The van der Waals surface area contributed by atoms with E-state index in [9.17, 15) is 0 Å². The molecule has 0 amide bonds. The monoisotopic (exact) mass is 293 g/mol. The number of furan rings is 1. The van der Waals surface area contributed by atoms with Gasteiger partial charge >= 0.3 is 0 Å². The first-order chi connectivity index (χ1) is 9.52. The summed E-state index contributed by atoms with van der Waals surface area (Å²) in [7, 11) is 2.09. The van der Waals surface area contributed by atoms with E-state index < -0.39 is 0 Å². The SMILES string of the molecule is Cc1nc(CN(C)Cc2cc(CNC(C)C)co2)cs1. The minimum Gasteiger partial charge on any atom is -0.468 e. The van der Waals surface area contributed by atoms with Crippen molar-refractivity contribution >= 4 is 11.3 Å². The predicted octanol–water partition coefficient (Wildman–Crippen LogP) is 3.17. The zero-order valence-corrected chi connectivity index (χ0v) is 13.5. The van der Waals surface area contributed by atoms with E-state index in [1.54, 1.807) is 11.3 Å². The maximum absolute atomic E-state index is 5.61. The summed E-state index contributed by atoms with van der Waals surface area (Å²) in [4.78, 5) is 6.70. The Morgan fingerprint density at radius 2 is 2.20 bits per heavy atom. The van der Waals surface area contributed by atoms with Gasteiger partial charge in [-0.15, -0.1) is 11.3 Å². The fourth-order valence-corrected chi connectivity index (χ4v) is 2.61. The topological polar surface area (TPSA) is 41.3 Å². The van der Waals surface area contributed by atoms with Crippen LogP contribution in [0.25, 0.3) is 0 Å². The van der Waals surface area contributed by atoms with Gasteiger partial charge in [0.15, 0.2) is 0 Å². The van der Waals surface area contributed by atoms with Crippen molar-refractivity contribution in [3.8, 4) is 0 Å². The van der Waals surface area contributed by atoms with E-state index in [1.165, 1.54) is 5.56 Å². The van der Waals surface area contributed by atoms with Crippen LogP contribution < -0.4 is 5.32 Å². The molecule has 0 saturated heterocycles. The Labute approximate surface area is 124 Å². The second-order valence-electron chi connectivity index (χ2n) is 5.49. The molecule has 0 unspecified atom stereocenters. The molecule has 0 spiro atoms. The molecule has 20 heavy (non-hydrogen) atoms. The lowest BCUT2D eigenvalue weighted by atomic mass is 10.2. The fourth-order valence-electron chi connectivity index (χ4n) is 2.00. The van der Waals surface area contributed by atoms with E-state index >= 15 is 0 Å². The molecule has 0 aliphatic rings. The Bertz CT molecular complexity index is 533. The van der Waals surface area contributed by atoms with Crippen LogP contribution in [0.5, 0.6) is 0 Å². The highest BCUT2D eigenvalue weighted by atomic mass is 32.1. The Kier molecular flexibility index (Phi) is 5.34. The Hall–Kier alpha value is -1.17. The highest BCUT2D eigenvalue weighted by molar-refractivity contribution is 7.09. The summed E-state index contributed by atoms with van der Waals surface area (Å²) < 4.78 is 5.61. The molecule has 0 fully saturated rings. The molecule has 2 heterocycles. The molecule has 5 heteroatoms. The maximum atomic E-state index is 5.61. The summed E-state index contributed by atoms with van der Waals surface area (Å²) >= 11 is 1.70. The maximum Gasteiger partial charge on any atom is 0.118 e. The molecular formula is C15H23N3OS. The Balaban J connectivity index is 1.83. The van der Waals surface area contributed by atoms with Gasteiger partial charge in [-0.1, -0.05) is 13.8 Å². The number of aromatic nitrogens is 1. The standard InChI is InChI=1S/C15H23N3OS/c1-11(2)16-6-13-5-15(19-9-13)8-18(4)7-14-10-20-12(3)17-14/h5,9-11,16H,6-8H2,1-4H3. The van der Waals surface area contributed by atoms with Crippen LogP contribution >= 0.6 is 11.3 Å². The van der Waals surface area contributed by atoms with E-state index in [-0.39, 0.29) is 0 Å². The zero-order valence-electron chi connectivity index (χ0n) is 12.6. The van der Waals surface area contributed by atoms with E-state index in [0.717, 1.165) is 36.1 Å². The smallest absolute Gasteiger partial charge is 0.118 e. The molecule has 0 atom stereocenters. The molecule has 4 nitrogen and oxygen atoms in total. The molecule has 2 rings (SSSR count). The molecule has 0 saturated carbocycles. The Morgan fingerprint density at radius 3 is 2.85 bits per heavy atom.